The number of morpholine rings is 1. The van der Waals surface area contributed by atoms with Gasteiger partial charge in [-0.2, -0.15) is 0 Å². The van der Waals surface area contributed by atoms with Crippen molar-refractivity contribution in [1.82, 2.24) is 4.90 Å². The van der Waals surface area contributed by atoms with Crippen LogP contribution in [0.15, 0.2) is 18.2 Å². The van der Waals surface area contributed by atoms with Gasteiger partial charge in [0.05, 0.1) is 25.0 Å². The van der Waals surface area contributed by atoms with E-state index < -0.39 is 6.10 Å². The molecule has 1 N–H and O–H groups in total. The lowest BCUT2D eigenvalue weighted by Crippen LogP contribution is -2.43. The lowest BCUT2D eigenvalue weighted by Gasteiger charge is -2.34. The Kier molecular flexibility index (Phi) is 5.36. The van der Waals surface area contributed by atoms with E-state index in [0.717, 1.165) is 12.8 Å². The Morgan fingerprint density at radius 3 is 2.75 bits per heavy atom. The maximum absolute atomic E-state index is 14.5. The lowest BCUT2D eigenvalue weighted by atomic mass is 9.93. The Balaban J connectivity index is 1.72. The molecule has 1 aromatic rings. The van der Waals surface area contributed by atoms with Gasteiger partial charge >= 0.3 is 0 Å². The highest BCUT2D eigenvalue weighted by Gasteiger charge is 2.27. The second-order valence-electron chi connectivity index (χ2n) is 6.66. The second-order valence-corrected chi connectivity index (χ2v) is 6.66. The summed E-state index contributed by atoms with van der Waals surface area (Å²) in [7, 11) is 0. The molecule has 1 amide bonds. The van der Waals surface area contributed by atoms with Gasteiger partial charge in [0.1, 0.15) is 5.82 Å². The van der Waals surface area contributed by atoms with E-state index in [1.54, 1.807) is 24.0 Å². The molecule has 2 saturated heterocycles. The number of anilines is 1. The average molecular weight is 336 g/mol. The molecule has 5 nitrogen and oxygen atoms in total. The number of benzene rings is 1. The summed E-state index contributed by atoms with van der Waals surface area (Å²) in [4.78, 5) is 16.3. The number of aliphatic hydroxyl groups is 1. The fourth-order valence-electron chi connectivity index (χ4n) is 3.47. The minimum Gasteiger partial charge on any atom is -0.393 e. The third-order valence-corrected chi connectivity index (χ3v) is 4.97. The van der Waals surface area contributed by atoms with Crippen molar-refractivity contribution in [2.24, 2.45) is 5.92 Å². The van der Waals surface area contributed by atoms with E-state index in [1.165, 1.54) is 6.07 Å². The van der Waals surface area contributed by atoms with Gasteiger partial charge in [0.25, 0.3) is 5.91 Å². The first kappa shape index (κ1) is 17.2. The molecule has 0 radical (unpaired) electrons. The van der Waals surface area contributed by atoms with Crippen LogP contribution in [0.5, 0.6) is 0 Å². The zero-order valence-corrected chi connectivity index (χ0v) is 14.1. The second kappa shape index (κ2) is 7.49. The molecule has 0 saturated carbocycles. The molecule has 2 aliphatic heterocycles. The summed E-state index contributed by atoms with van der Waals surface area (Å²) in [6.07, 6.45) is 1.36. The van der Waals surface area contributed by atoms with Crippen molar-refractivity contribution in [3.05, 3.63) is 29.6 Å². The number of amides is 1. The molecule has 2 fully saturated rings. The van der Waals surface area contributed by atoms with Crippen molar-refractivity contribution in [1.29, 1.82) is 0 Å². The molecule has 2 atom stereocenters. The van der Waals surface area contributed by atoms with E-state index in [4.69, 9.17) is 4.74 Å². The number of carbonyl (C=O) groups excluding carboxylic acids is 1. The summed E-state index contributed by atoms with van der Waals surface area (Å²) in [6, 6.07) is 4.71. The Hall–Kier alpha value is -1.66. The molecule has 0 spiro atoms. The standard InChI is InChI=1S/C18H25FN2O3/c1-13(22)15-3-2-6-21(12-15)18(23)14-4-5-17(16(19)11-14)20-7-9-24-10-8-20/h4-5,11,13,15,22H,2-3,6-10,12H2,1H3. The highest BCUT2D eigenvalue weighted by Crippen LogP contribution is 2.25. The Morgan fingerprint density at radius 2 is 2.08 bits per heavy atom. The largest absolute Gasteiger partial charge is 0.393 e. The van der Waals surface area contributed by atoms with Crippen LogP contribution in [0.2, 0.25) is 0 Å². The van der Waals surface area contributed by atoms with Crippen LogP contribution in [-0.4, -0.2) is 61.4 Å². The molecule has 3 rings (SSSR count). The molecule has 0 aliphatic carbocycles. The van der Waals surface area contributed by atoms with E-state index in [0.29, 0.717) is 50.6 Å². The highest BCUT2D eigenvalue weighted by molar-refractivity contribution is 5.94. The average Bonchev–Trinajstić information content (AvgIpc) is 2.62. The molecule has 132 valence electrons. The van der Waals surface area contributed by atoms with Crippen LogP contribution in [-0.2, 0) is 4.74 Å². The molecule has 1 aromatic carbocycles. The number of nitrogens with zero attached hydrogens (tertiary/aromatic N) is 2. The van der Waals surface area contributed by atoms with Crippen LogP contribution in [0.3, 0.4) is 0 Å². The Bertz CT molecular complexity index is 588. The van der Waals surface area contributed by atoms with Gasteiger partial charge < -0.3 is 19.6 Å². The van der Waals surface area contributed by atoms with Gasteiger partial charge in [-0.3, -0.25) is 4.79 Å². The van der Waals surface area contributed by atoms with Crippen LogP contribution in [0.1, 0.15) is 30.1 Å². The van der Waals surface area contributed by atoms with Gasteiger partial charge in [0.2, 0.25) is 0 Å². The quantitative estimate of drug-likeness (QED) is 0.916. The van der Waals surface area contributed by atoms with Gasteiger partial charge in [-0.15, -0.1) is 0 Å². The number of likely N-dealkylation sites (tertiary alicyclic amines) is 1. The van der Waals surface area contributed by atoms with E-state index in [9.17, 15) is 14.3 Å². The summed E-state index contributed by atoms with van der Waals surface area (Å²) >= 11 is 0. The van der Waals surface area contributed by atoms with Crippen LogP contribution < -0.4 is 4.90 Å². The molecule has 2 unspecified atom stereocenters. The SMILES string of the molecule is CC(O)C1CCCN(C(=O)c2ccc(N3CCOCC3)c(F)c2)C1. The van der Waals surface area contributed by atoms with Crippen molar-refractivity contribution >= 4 is 11.6 Å². The van der Waals surface area contributed by atoms with Crippen molar-refractivity contribution in [2.75, 3.05) is 44.3 Å². The molecule has 6 heteroatoms. The maximum atomic E-state index is 14.5. The molecule has 0 bridgehead atoms. The third-order valence-electron chi connectivity index (χ3n) is 4.97. The first-order valence-corrected chi connectivity index (χ1v) is 8.66. The number of halogens is 1. The molecule has 2 heterocycles. The molecule has 2 aliphatic rings. The number of piperidine rings is 1. The number of aliphatic hydroxyl groups excluding tert-OH is 1. The number of ether oxygens (including phenoxy) is 1. The van der Waals surface area contributed by atoms with Gasteiger partial charge in [-0.25, -0.2) is 4.39 Å². The minimum atomic E-state index is -0.430. The van der Waals surface area contributed by atoms with E-state index >= 15 is 0 Å². The van der Waals surface area contributed by atoms with Crippen LogP contribution >= 0.6 is 0 Å². The van der Waals surface area contributed by atoms with Crippen LogP contribution in [0.4, 0.5) is 10.1 Å². The molecular weight excluding hydrogens is 311 g/mol. The van der Waals surface area contributed by atoms with Crippen molar-refractivity contribution in [3.63, 3.8) is 0 Å². The van der Waals surface area contributed by atoms with Gasteiger partial charge in [-0.05, 0) is 38.0 Å². The molecular formula is C18H25FN2O3. The fraction of sp³-hybridized carbons (Fsp3) is 0.611. The number of hydrogen-bond acceptors (Lipinski definition) is 4. The minimum absolute atomic E-state index is 0.0974. The monoisotopic (exact) mass is 336 g/mol. The van der Waals surface area contributed by atoms with Crippen molar-refractivity contribution in [2.45, 2.75) is 25.9 Å². The van der Waals surface area contributed by atoms with E-state index in [-0.39, 0.29) is 17.6 Å². The first-order chi connectivity index (χ1) is 11.6. The van der Waals surface area contributed by atoms with Crippen molar-refractivity contribution < 1.29 is 19.0 Å². The van der Waals surface area contributed by atoms with Crippen LogP contribution in [0.25, 0.3) is 0 Å². The summed E-state index contributed by atoms with van der Waals surface area (Å²) in [5.41, 5.74) is 0.895. The Labute approximate surface area is 142 Å². The van der Waals surface area contributed by atoms with Gasteiger partial charge in [-0.1, -0.05) is 0 Å². The van der Waals surface area contributed by atoms with Gasteiger partial charge in [0.15, 0.2) is 0 Å². The Morgan fingerprint density at radius 1 is 1.33 bits per heavy atom. The summed E-state index contributed by atoms with van der Waals surface area (Å²) in [5.74, 6) is -0.431. The predicted molar refractivity (Wildman–Crippen MR) is 89.7 cm³/mol. The zero-order chi connectivity index (χ0) is 17.1. The third kappa shape index (κ3) is 3.70. The summed E-state index contributed by atoms with van der Waals surface area (Å²) in [5, 5.41) is 9.76. The zero-order valence-electron chi connectivity index (χ0n) is 14.1. The predicted octanol–water partition coefficient (Wildman–Crippen LogP) is 1.90. The highest BCUT2D eigenvalue weighted by atomic mass is 19.1. The summed E-state index contributed by atoms with van der Waals surface area (Å²) in [6.45, 7) is 5.45. The first-order valence-electron chi connectivity index (χ1n) is 8.66. The maximum Gasteiger partial charge on any atom is 0.253 e. The van der Waals surface area contributed by atoms with E-state index in [2.05, 4.69) is 0 Å². The smallest absolute Gasteiger partial charge is 0.253 e. The topological polar surface area (TPSA) is 53.0 Å². The lowest BCUT2D eigenvalue weighted by molar-refractivity contribution is 0.0465. The summed E-state index contributed by atoms with van der Waals surface area (Å²) < 4.78 is 19.8. The fourth-order valence-corrected chi connectivity index (χ4v) is 3.47. The van der Waals surface area contributed by atoms with Crippen molar-refractivity contribution in [3.8, 4) is 0 Å². The normalized spacial score (nSPS) is 23.2. The van der Waals surface area contributed by atoms with E-state index in [1.807, 2.05) is 4.90 Å². The number of carbonyl (C=O) groups is 1. The van der Waals surface area contributed by atoms with Gasteiger partial charge in [0, 0.05) is 37.7 Å². The molecule has 0 aromatic heterocycles. The van der Waals surface area contributed by atoms with Crippen LogP contribution in [0, 0.1) is 11.7 Å². The number of rotatable bonds is 3. The number of hydrogen-bond donors (Lipinski definition) is 1. The molecule has 24 heavy (non-hydrogen) atoms.